The Balaban J connectivity index is 3.47. The first-order chi connectivity index (χ1) is 7.56. The van der Waals surface area contributed by atoms with Crippen molar-refractivity contribution in [2.75, 3.05) is 19.0 Å². The summed E-state index contributed by atoms with van der Waals surface area (Å²) in [4.78, 5) is 22.5. The summed E-state index contributed by atoms with van der Waals surface area (Å²) < 4.78 is 0. The molecule has 0 bridgehead atoms. The van der Waals surface area contributed by atoms with Gasteiger partial charge in [-0.25, -0.2) is 0 Å². The van der Waals surface area contributed by atoms with Crippen molar-refractivity contribution in [3.05, 3.63) is 0 Å². The first-order valence-electron chi connectivity index (χ1n) is 5.65. The van der Waals surface area contributed by atoms with Crippen molar-refractivity contribution in [3.8, 4) is 0 Å². The van der Waals surface area contributed by atoms with Crippen LogP contribution in [0.15, 0.2) is 0 Å². The molecule has 0 spiro atoms. The standard InChI is InChI=1S/C11H21ClN2O2/c1-9(2)7-13-11(16)8-14-10(15)5-3-4-6-12/h9H,3-8H2,1-2H3,(H,13,16)(H,14,15). The summed E-state index contributed by atoms with van der Waals surface area (Å²) in [6.45, 7) is 4.74. The fraction of sp³-hybridized carbons (Fsp3) is 0.818. The first kappa shape index (κ1) is 15.2. The molecule has 0 aromatic rings. The van der Waals surface area contributed by atoms with Gasteiger partial charge in [0, 0.05) is 18.8 Å². The second-order valence-electron chi connectivity index (χ2n) is 4.12. The summed E-state index contributed by atoms with van der Waals surface area (Å²) in [6.07, 6.45) is 2.03. The van der Waals surface area contributed by atoms with E-state index < -0.39 is 0 Å². The fourth-order valence-corrected chi connectivity index (χ4v) is 1.22. The smallest absolute Gasteiger partial charge is 0.239 e. The highest BCUT2D eigenvalue weighted by molar-refractivity contribution is 6.17. The van der Waals surface area contributed by atoms with Gasteiger partial charge in [0.1, 0.15) is 0 Å². The topological polar surface area (TPSA) is 58.2 Å². The molecule has 0 unspecified atom stereocenters. The SMILES string of the molecule is CC(C)CNC(=O)CNC(=O)CCCCCl. The molecule has 16 heavy (non-hydrogen) atoms. The van der Waals surface area contributed by atoms with Crippen molar-refractivity contribution in [3.63, 3.8) is 0 Å². The minimum absolute atomic E-state index is 0.0619. The Morgan fingerprint density at radius 2 is 1.81 bits per heavy atom. The van der Waals surface area contributed by atoms with Crippen molar-refractivity contribution in [1.82, 2.24) is 10.6 Å². The average molecular weight is 249 g/mol. The van der Waals surface area contributed by atoms with Crippen LogP contribution in [0.1, 0.15) is 33.1 Å². The Morgan fingerprint density at radius 1 is 1.12 bits per heavy atom. The molecule has 0 atom stereocenters. The Kier molecular flexibility index (Phi) is 9.00. The van der Waals surface area contributed by atoms with Gasteiger partial charge in [-0.05, 0) is 18.8 Å². The predicted octanol–water partition coefficient (Wildman–Crippen LogP) is 1.28. The van der Waals surface area contributed by atoms with Crippen LogP contribution in [-0.4, -0.2) is 30.8 Å². The normalized spacial score (nSPS) is 10.2. The van der Waals surface area contributed by atoms with Crippen LogP contribution in [-0.2, 0) is 9.59 Å². The molecule has 0 heterocycles. The number of alkyl halides is 1. The van der Waals surface area contributed by atoms with Crippen molar-refractivity contribution in [2.45, 2.75) is 33.1 Å². The third-order valence-electron chi connectivity index (χ3n) is 1.94. The zero-order valence-corrected chi connectivity index (χ0v) is 10.8. The molecule has 0 saturated heterocycles. The van der Waals surface area contributed by atoms with Gasteiger partial charge in [0.2, 0.25) is 11.8 Å². The molecule has 0 aliphatic rings. The van der Waals surface area contributed by atoms with E-state index in [9.17, 15) is 9.59 Å². The van der Waals surface area contributed by atoms with Crippen LogP contribution in [0.4, 0.5) is 0 Å². The molecular formula is C11H21ClN2O2. The van der Waals surface area contributed by atoms with E-state index in [1.165, 1.54) is 0 Å². The number of hydrogen-bond donors (Lipinski definition) is 2. The Hall–Kier alpha value is -0.770. The van der Waals surface area contributed by atoms with Gasteiger partial charge in [0.25, 0.3) is 0 Å². The number of halogens is 1. The van der Waals surface area contributed by atoms with Gasteiger partial charge in [-0.15, -0.1) is 11.6 Å². The lowest BCUT2D eigenvalue weighted by molar-refractivity contribution is -0.126. The highest BCUT2D eigenvalue weighted by Crippen LogP contribution is 1.96. The van der Waals surface area contributed by atoms with Gasteiger partial charge in [-0.1, -0.05) is 13.8 Å². The molecular weight excluding hydrogens is 228 g/mol. The average Bonchev–Trinajstić information content (AvgIpc) is 2.24. The monoisotopic (exact) mass is 248 g/mol. The van der Waals surface area contributed by atoms with Gasteiger partial charge < -0.3 is 10.6 Å². The maximum Gasteiger partial charge on any atom is 0.239 e. The van der Waals surface area contributed by atoms with E-state index >= 15 is 0 Å². The van der Waals surface area contributed by atoms with Crippen LogP contribution in [0.5, 0.6) is 0 Å². The lowest BCUT2D eigenvalue weighted by atomic mass is 10.2. The van der Waals surface area contributed by atoms with E-state index in [4.69, 9.17) is 11.6 Å². The summed E-state index contributed by atoms with van der Waals surface area (Å²) >= 11 is 5.49. The fourth-order valence-electron chi connectivity index (χ4n) is 1.03. The number of hydrogen-bond acceptors (Lipinski definition) is 2. The highest BCUT2D eigenvalue weighted by atomic mass is 35.5. The maximum absolute atomic E-state index is 11.2. The minimum atomic E-state index is -0.139. The van der Waals surface area contributed by atoms with Gasteiger partial charge >= 0.3 is 0 Å². The van der Waals surface area contributed by atoms with Gasteiger partial charge in [0.15, 0.2) is 0 Å². The second kappa shape index (κ2) is 9.46. The van der Waals surface area contributed by atoms with E-state index in [1.54, 1.807) is 0 Å². The number of amides is 2. The maximum atomic E-state index is 11.2. The van der Waals surface area contributed by atoms with Gasteiger partial charge in [-0.2, -0.15) is 0 Å². The molecule has 94 valence electrons. The molecule has 0 radical (unpaired) electrons. The molecule has 2 N–H and O–H groups in total. The van der Waals surface area contributed by atoms with E-state index in [0.717, 1.165) is 12.8 Å². The largest absolute Gasteiger partial charge is 0.354 e. The molecule has 0 fully saturated rings. The quantitative estimate of drug-likeness (QED) is 0.502. The molecule has 0 aliphatic carbocycles. The lowest BCUT2D eigenvalue weighted by Gasteiger charge is -2.08. The third kappa shape index (κ3) is 9.77. The van der Waals surface area contributed by atoms with Gasteiger partial charge in [0.05, 0.1) is 6.54 Å². The summed E-state index contributed by atoms with van der Waals surface area (Å²) in [5, 5.41) is 5.30. The Labute approximate surface area is 102 Å². The minimum Gasteiger partial charge on any atom is -0.354 e. The van der Waals surface area contributed by atoms with Crippen LogP contribution < -0.4 is 10.6 Å². The summed E-state index contributed by atoms with van der Waals surface area (Å²) in [6, 6.07) is 0. The number of unbranched alkanes of at least 4 members (excludes halogenated alkanes) is 1. The Morgan fingerprint density at radius 3 is 2.38 bits per heavy atom. The van der Waals surface area contributed by atoms with E-state index in [2.05, 4.69) is 10.6 Å². The van der Waals surface area contributed by atoms with E-state index in [0.29, 0.717) is 24.8 Å². The number of rotatable bonds is 8. The van der Waals surface area contributed by atoms with Crippen molar-refractivity contribution in [2.24, 2.45) is 5.92 Å². The summed E-state index contributed by atoms with van der Waals surface area (Å²) in [5.74, 6) is 0.759. The van der Waals surface area contributed by atoms with E-state index in [1.807, 2.05) is 13.8 Å². The summed E-state index contributed by atoms with van der Waals surface area (Å²) in [7, 11) is 0. The summed E-state index contributed by atoms with van der Waals surface area (Å²) in [5.41, 5.74) is 0. The van der Waals surface area contributed by atoms with Crippen LogP contribution in [0.2, 0.25) is 0 Å². The molecule has 0 aromatic heterocycles. The zero-order valence-electron chi connectivity index (χ0n) is 10.0. The van der Waals surface area contributed by atoms with Crippen LogP contribution in [0.3, 0.4) is 0 Å². The molecule has 0 aliphatic heterocycles. The zero-order chi connectivity index (χ0) is 12.4. The van der Waals surface area contributed by atoms with Crippen molar-refractivity contribution < 1.29 is 9.59 Å². The van der Waals surface area contributed by atoms with Crippen molar-refractivity contribution >= 4 is 23.4 Å². The highest BCUT2D eigenvalue weighted by Gasteiger charge is 2.05. The van der Waals surface area contributed by atoms with Crippen LogP contribution >= 0.6 is 11.6 Å². The third-order valence-corrected chi connectivity index (χ3v) is 2.21. The molecule has 5 heteroatoms. The lowest BCUT2D eigenvalue weighted by Crippen LogP contribution is -2.38. The number of carbonyl (C=O) groups excluding carboxylic acids is 2. The first-order valence-corrected chi connectivity index (χ1v) is 6.19. The van der Waals surface area contributed by atoms with Crippen LogP contribution in [0, 0.1) is 5.92 Å². The molecule has 4 nitrogen and oxygen atoms in total. The van der Waals surface area contributed by atoms with Crippen LogP contribution in [0.25, 0.3) is 0 Å². The molecule has 0 aromatic carbocycles. The van der Waals surface area contributed by atoms with E-state index in [-0.39, 0.29) is 18.4 Å². The number of nitrogens with one attached hydrogen (secondary N) is 2. The molecule has 0 saturated carbocycles. The Bertz CT molecular complexity index is 220. The second-order valence-corrected chi connectivity index (χ2v) is 4.50. The number of carbonyl (C=O) groups is 2. The predicted molar refractivity (Wildman–Crippen MR) is 65.4 cm³/mol. The van der Waals surface area contributed by atoms with Crippen molar-refractivity contribution in [1.29, 1.82) is 0 Å². The van der Waals surface area contributed by atoms with Gasteiger partial charge in [-0.3, -0.25) is 9.59 Å². The molecule has 0 rings (SSSR count). The molecule has 2 amide bonds.